The summed E-state index contributed by atoms with van der Waals surface area (Å²) in [6.07, 6.45) is 2.00. The number of benzene rings is 1. The normalized spacial score (nSPS) is 17.0. The third-order valence-corrected chi connectivity index (χ3v) is 5.98. The molecule has 1 aromatic heterocycles. The molecule has 1 saturated carbocycles. The Labute approximate surface area is 157 Å². The minimum absolute atomic E-state index is 0.0178. The first kappa shape index (κ1) is 17.1. The molecule has 1 amide bonds. The lowest BCUT2D eigenvalue weighted by atomic mass is 10.1. The number of rotatable bonds is 5. The van der Waals surface area contributed by atoms with Gasteiger partial charge in [0.15, 0.2) is 0 Å². The predicted molar refractivity (Wildman–Crippen MR) is 102 cm³/mol. The number of nitrogens with zero attached hydrogens (tertiary/aromatic N) is 3. The standard InChI is InChI=1S/C20H21N3O2S/c21-8-9-23(16-6-7-16)19(24)18-14-17(15-4-2-1-3-5-15)20(26-18)22-10-12-25-13-11-22/h1-5,14,16H,6-7,9-13H2. The van der Waals surface area contributed by atoms with Gasteiger partial charge in [0, 0.05) is 24.7 Å². The predicted octanol–water partition coefficient (Wildman–Crippen LogP) is 3.38. The number of hydrogen-bond acceptors (Lipinski definition) is 5. The molecular weight excluding hydrogens is 346 g/mol. The first-order valence-corrected chi connectivity index (χ1v) is 9.79. The van der Waals surface area contributed by atoms with Crippen molar-refractivity contribution in [2.45, 2.75) is 18.9 Å². The monoisotopic (exact) mass is 367 g/mol. The number of nitriles is 1. The van der Waals surface area contributed by atoms with Crippen molar-refractivity contribution in [1.29, 1.82) is 5.26 Å². The summed E-state index contributed by atoms with van der Waals surface area (Å²) in [4.78, 5) is 17.8. The zero-order valence-corrected chi connectivity index (χ0v) is 15.4. The van der Waals surface area contributed by atoms with E-state index in [-0.39, 0.29) is 18.5 Å². The fourth-order valence-corrected chi connectivity index (χ4v) is 4.47. The Morgan fingerprint density at radius 2 is 2.00 bits per heavy atom. The molecule has 0 N–H and O–H groups in total. The SMILES string of the molecule is N#CCN(C(=O)c1cc(-c2ccccc2)c(N2CCOCC2)s1)C1CC1. The van der Waals surface area contributed by atoms with Gasteiger partial charge in [0.2, 0.25) is 0 Å². The fourth-order valence-electron chi connectivity index (χ4n) is 3.28. The molecule has 1 aliphatic carbocycles. The molecule has 2 fully saturated rings. The van der Waals surface area contributed by atoms with Crippen molar-refractivity contribution < 1.29 is 9.53 Å². The highest BCUT2D eigenvalue weighted by molar-refractivity contribution is 7.18. The average molecular weight is 367 g/mol. The van der Waals surface area contributed by atoms with Gasteiger partial charge in [-0.25, -0.2) is 0 Å². The Bertz CT molecular complexity index is 817. The third kappa shape index (κ3) is 3.46. The number of amides is 1. The highest BCUT2D eigenvalue weighted by atomic mass is 32.1. The van der Waals surface area contributed by atoms with Crippen molar-refractivity contribution in [3.63, 3.8) is 0 Å². The van der Waals surface area contributed by atoms with E-state index in [1.807, 2.05) is 24.3 Å². The van der Waals surface area contributed by atoms with Gasteiger partial charge in [-0.1, -0.05) is 30.3 Å². The molecule has 134 valence electrons. The van der Waals surface area contributed by atoms with Crippen LogP contribution in [0.5, 0.6) is 0 Å². The number of hydrogen-bond donors (Lipinski definition) is 0. The molecule has 1 aromatic carbocycles. The molecule has 4 rings (SSSR count). The maximum Gasteiger partial charge on any atom is 0.265 e. The Morgan fingerprint density at radius 3 is 2.65 bits per heavy atom. The van der Waals surface area contributed by atoms with Crippen LogP contribution in [0.2, 0.25) is 0 Å². The summed E-state index contributed by atoms with van der Waals surface area (Å²) in [5, 5.41) is 10.2. The smallest absolute Gasteiger partial charge is 0.265 e. The van der Waals surface area contributed by atoms with Crippen LogP contribution in [0.1, 0.15) is 22.5 Å². The van der Waals surface area contributed by atoms with Crippen molar-refractivity contribution in [3.8, 4) is 17.2 Å². The molecule has 0 bridgehead atoms. The van der Waals surface area contributed by atoms with E-state index in [1.54, 1.807) is 4.90 Å². The molecule has 1 saturated heterocycles. The van der Waals surface area contributed by atoms with Crippen molar-refractivity contribution in [1.82, 2.24) is 4.90 Å². The van der Waals surface area contributed by atoms with Crippen molar-refractivity contribution in [2.24, 2.45) is 0 Å². The molecule has 0 unspecified atom stereocenters. The van der Waals surface area contributed by atoms with E-state index in [0.717, 1.165) is 42.1 Å². The van der Waals surface area contributed by atoms with E-state index < -0.39 is 0 Å². The number of carbonyl (C=O) groups excluding carboxylic acids is 1. The minimum Gasteiger partial charge on any atom is -0.378 e. The van der Waals surface area contributed by atoms with Crippen LogP contribution >= 0.6 is 11.3 Å². The first-order valence-electron chi connectivity index (χ1n) is 8.98. The van der Waals surface area contributed by atoms with Crippen molar-refractivity contribution in [2.75, 3.05) is 37.7 Å². The summed E-state index contributed by atoms with van der Waals surface area (Å²) in [7, 11) is 0. The van der Waals surface area contributed by atoms with E-state index in [1.165, 1.54) is 11.3 Å². The van der Waals surface area contributed by atoms with Crippen LogP contribution in [-0.2, 0) is 4.74 Å². The number of anilines is 1. The maximum atomic E-state index is 13.0. The Balaban J connectivity index is 1.70. The van der Waals surface area contributed by atoms with Gasteiger partial charge in [0.1, 0.15) is 6.54 Å². The van der Waals surface area contributed by atoms with Gasteiger partial charge < -0.3 is 14.5 Å². The highest BCUT2D eigenvalue weighted by Crippen LogP contribution is 2.40. The van der Waals surface area contributed by atoms with Gasteiger partial charge in [-0.2, -0.15) is 5.26 Å². The molecule has 2 aromatic rings. The lowest BCUT2D eigenvalue weighted by molar-refractivity contribution is 0.0770. The summed E-state index contributed by atoms with van der Waals surface area (Å²) in [6.45, 7) is 3.24. The first-order chi connectivity index (χ1) is 12.8. The van der Waals surface area contributed by atoms with Gasteiger partial charge >= 0.3 is 0 Å². The average Bonchev–Trinajstić information content (AvgIpc) is 3.44. The third-order valence-electron chi connectivity index (χ3n) is 4.80. The zero-order chi connectivity index (χ0) is 17.9. The second-order valence-corrected chi connectivity index (χ2v) is 7.65. The molecular formula is C20H21N3O2S. The Hall–Kier alpha value is -2.36. The molecule has 6 heteroatoms. The summed E-state index contributed by atoms with van der Waals surface area (Å²) >= 11 is 1.54. The van der Waals surface area contributed by atoms with Crippen LogP contribution in [0, 0.1) is 11.3 Å². The van der Waals surface area contributed by atoms with Gasteiger partial charge in [0.25, 0.3) is 5.91 Å². The summed E-state index contributed by atoms with van der Waals surface area (Å²) < 4.78 is 5.48. The summed E-state index contributed by atoms with van der Waals surface area (Å²) in [5.41, 5.74) is 2.20. The highest BCUT2D eigenvalue weighted by Gasteiger charge is 2.34. The zero-order valence-electron chi connectivity index (χ0n) is 14.6. The van der Waals surface area contributed by atoms with Gasteiger partial charge in [-0.3, -0.25) is 4.79 Å². The van der Waals surface area contributed by atoms with Crippen molar-refractivity contribution in [3.05, 3.63) is 41.3 Å². The van der Waals surface area contributed by atoms with Crippen LogP contribution in [0.4, 0.5) is 5.00 Å². The van der Waals surface area contributed by atoms with E-state index in [2.05, 4.69) is 23.1 Å². The van der Waals surface area contributed by atoms with Crippen LogP contribution in [-0.4, -0.2) is 49.7 Å². The molecule has 2 aliphatic rings. The van der Waals surface area contributed by atoms with Crippen LogP contribution in [0.3, 0.4) is 0 Å². The van der Waals surface area contributed by atoms with Gasteiger partial charge in [-0.15, -0.1) is 11.3 Å². The maximum absolute atomic E-state index is 13.0. The lowest BCUT2D eigenvalue weighted by Gasteiger charge is -2.28. The van der Waals surface area contributed by atoms with E-state index in [4.69, 9.17) is 10.00 Å². The topological polar surface area (TPSA) is 56.6 Å². The second kappa shape index (κ2) is 7.48. The summed E-state index contributed by atoms with van der Waals surface area (Å²) in [6, 6.07) is 14.6. The van der Waals surface area contributed by atoms with Crippen LogP contribution in [0.25, 0.3) is 11.1 Å². The fraction of sp³-hybridized carbons (Fsp3) is 0.400. The van der Waals surface area contributed by atoms with E-state index >= 15 is 0 Å². The molecule has 5 nitrogen and oxygen atoms in total. The number of carbonyl (C=O) groups is 1. The number of thiophene rings is 1. The Morgan fingerprint density at radius 1 is 1.27 bits per heavy atom. The van der Waals surface area contributed by atoms with Crippen molar-refractivity contribution >= 4 is 22.2 Å². The lowest BCUT2D eigenvalue weighted by Crippen LogP contribution is -2.36. The molecule has 1 aliphatic heterocycles. The number of ether oxygens (including phenoxy) is 1. The molecule has 0 spiro atoms. The second-order valence-electron chi connectivity index (χ2n) is 6.62. The summed E-state index contributed by atoms with van der Waals surface area (Å²) in [5.74, 6) is -0.0178. The van der Waals surface area contributed by atoms with E-state index in [0.29, 0.717) is 18.1 Å². The molecule has 0 radical (unpaired) electrons. The van der Waals surface area contributed by atoms with Gasteiger partial charge in [-0.05, 0) is 24.5 Å². The number of morpholine rings is 1. The van der Waals surface area contributed by atoms with E-state index in [9.17, 15) is 4.79 Å². The molecule has 26 heavy (non-hydrogen) atoms. The van der Waals surface area contributed by atoms with Crippen LogP contribution in [0.15, 0.2) is 36.4 Å². The molecule has 0 atom stereocenters. The van der Waals surface area contributed by atoms with Crippen LogP contribution < -0.4 is 4.90 Å². The van der Waals surface area contributed by atoms with Gasteiger partial charge in [0.05, 0.1) is 29.2 Å². The largest absolute Gasteiger partial charge is 0.378 e. The quantitative estimate of drug-likeness (QED) is 0.760. The Kier molecular flexibility index (Phi) is 4.91. The molecule has 2 heterocycles. The minimum atomic E-state index is -0.0178.